The van der Waals surface area contributed by atoms with Crippen molar-refractivity contribution in [3.8, 4) is 0 Å². The summed E-state index contributed by atoms with van der Waals surface area (Å²) in [5.41, 5.74) is 3.91. The van der Waals surface area contributed by atoms with Crippen LogP contribution in [0, 0.1) is 0 Å². The fourth-order valence-electron chi connectivity index (χ4n) is 3.71. The molecule has 0 aliphatic carbocycles. The van der Waals surface area contributed by atoms with Crippen LogP contribution in [-0.2, 0) is 12.8 Å². The molecule has 1 N–H and O–H groups in total. The summed E-state index contributed by atoms with van der Waals surface area (Å²) in [5.74, 6) is -0.289. The average Bonchev–Trinajstić information content (AvgIpc) is 3.03. The number of para-hydroxylation sites is 1. The number of nitrogens with zero attached hydrogens (tertiary/aromatic N) is 2. The van der Waals surface area contributed by atoms with Gasteiger partial charge in [0.05, 0.1) is 0 Å². The molecular weight excluding hydrogens is 350 g/mol. The van der Waals surface area contributed by atoms with Gasteiger partial charge in [-0.25, -0.2) is 0 Å². The van der Waals surface area contributed by atoms with E-state index >= 15 is 0 Å². The van der Waals surface area contributed by atoms with Crippen LogP contribution < -0.4 is 5.32 Å². The molecule has 2 amide bonds. The van der Waals surface area contributed by atoms with Crippen molar-refractivity contribution in [1.82, 2.24) is 9.88 Å². The summed E-state index contributed by atoms with van der Waals surface area (Å²) in [7, 11) is 0. The minimum Gasteiger partial charge on any atom is -0.337 e. The molecule has 148 valence electrons. The number of rotatable bonds is 5. The summed E-state index contributed by atoms with van der Waals surface area (Å²) in [6.45, 7) is 5.69. The Balaban J connectivity index is 1.80. The van der Waals surface area contributed by atoms with Crippen molar-refractivity contribution in [2.75, 3.05) is 18.4 Å². The monoisotopic (exact) mass is 379 g/mol. The summed E-state index contributed by atoms with van der Waals surface area (Å²) in [5, 5.41) is 3.06. The summed E-state index contributed by atoms with van der Waals surface area (Å²) in [4.78, 5) is 31.8. The van der Waals surface area contributed by atoms with E-state index in [9.17, 15) is 9.59 Å². The second-order valence-electron chi connectivity index (χ2n) is 7.25. The van der Waals surface area contributed by atoms with Gasteiger partial charge < -0.3 is 10.2 Å². The molecule has 2 heterocycles. The van der Waals surface area contributed by atoms with Crippen LogP contribution in [0.3, 0.4) is 0 Å². The van der Waals surface area contributed by atoms with Crippen LogP contribution in [0.4, 0.5) is 5.69 Å². The molecule has 2 aromatic rings. The fourth-order valence-corrected chi connectivity index (χ4v) is 3.71. The molecule has 5 heteroatoms. The standard InChI is InChI=1S/C23H29N3O2/c1-3-17-10-9-11-18(4-2)21(17)25-22(27)19-12-13-24-20(16-19)23(28)26-14-7-5-6-8-15-26/h9-13,16H,3-8,14-15H2,1-2H3,(H,25,27). The van der Waals surface area contributed by atoms with Crippen LogP contribution in [0.2, 0.25) is 0 Å². The molecule has 0 radical (unpaired) electrons. The second kappa shape index (κ2) is 9.49. The number of carbonyl (C=O) groups excluding carboxylic acids is 2. The number of nitrogens with one attached hydrogen (secondary N) is 1. The third-order valence-corrected chi connectivity index (χ3v) is 5.37. The van der Waals surface area contributed by atoms with E-state index in [0.29, 0.717) is 11.3 Å². The van der Waals surface area contributed by atoms with E-state index in [4.69, 9.17) is 0 Å². The predicted molar refractivity (Wildman–Crippen MR) is 112 cm³/mol. The summed E-state index contributed by atoms with van der Waals surface area (Å²) in [6.07, 6.45) is 7.62. The van der Waals surface area contributed by atoms with Crippen molar-refractivity contribution in [3.05, 3.63) is 58.9 Å². The van der Waals surface area contributed by atoms with Gasteiger partial charge in [0.25, 0.3) is 11.8 Å². The topological polar surface area (TPSA) is 62.3 Å². The van der Waals surface area contributed by atoms with E-state index in [-0.39, 0.29) is 11.8 Å². The maximum absolute atomic E-state index is 12.9. The highest BCUT2D eigenvalue weighted by Crippen LogP contribution is 2.23. The molecule has 0 bridgehead atoms. The molecule has 1 aliphatic heterocycles. The van der Waals surface area contributed by atoms with Crippen molar-refractivity contribution in [1.29, 1.82) is 0 Å². The zero-order chi connectivity index (χ0) is 19.9. The lowest BCUT2D eigenvalue weighted by Crippen LogP contribution is -2.32. The molecule has 0 unspecified atom stereocenters. The Morgan fingerprint density at radius 3 is 2.25 bits per heavy atom. The van der Waals surface area contributed by atoms with Gasteiger partial charge in [-0.1, -0.05) is 44.9 Å². The fraction of sp³-hybridized carbons (Fsp3) is 0.435. The third kappa shape index (κ3) is 4.58. The Morgan fingerprint density at radius 2 is 1.64 bits per heavy atom. The molecule has 1 aliphatic rings. The number of hydrogen-bond acceptors (Lipinski definition) is 3. The molecule has 5 nitrogen and oxygen atoms in total. The Morgan fingerprint density at radius 1 is 1.00 bits per heavy atom. The van der Waals surface area contributed by atoms with E-state index in [2.05, 4.69) is 24.1 Å². The highest BCUT2D eigenvalue weighted by molar-refractivity contribution is 6.06. The molecule has 0 saturated carbocycles. The molecule has 0 atom stereocenters. The van der Waals surface area contributed by atoms with Gasteiger partial charge in [0, 0.05) is 30.5 Å². The first-order chi connectivity index (χ1) is 13.6. The minimum atomic E-state index is -0.206. The molecule has 3 rings (SSSR count). The second-order valence-corrected chi connectivity index (χ2v) is 7.25. The number of anilines is 1. The van der Waals surface area contributed by atoms with Crippen LogP contribution in [0.25, 0.3) is 0 Å². The molecule has 1 fully saturated rings. The number of amides is 2. The lowest BCUT2D eigenvalue weighted by Gasteiger charge is -2.20. The van der Waals surface area contributed by atoms with E-state index in [1.165, 1.54) is 0 Å². The number of aromatic nitrogens is 1. The lowest BCUT2D eigenvalue weighted by atomic mass is 10.0. The van der Waals surface area contributed by atoms with E-state index in [1.54, 1.807) is 18.3 Å². The maximum Gasteiger partial charge on any atom is 0.272 e. The Kier molecular flexibility index (Phi) is 6.80. The van der Waals surface area contributed by atoms with Crippen LogP contribution in [0.15, 0.2) is 36.5 Å². The third-order valence-electron chi connectivity index (χ3n) is 5.37. The van der Waals surface area contributed by atoms with Gasteiger partial charge in [-0.3, -0.25) is 14.6 Å². The SMILES string of the molecule is CCc1cccc(CC)c1NC(=O)c1ccnc(C(=O)N2CCCCCC2)c1. The quantitative estimate of drug-likeness (QED) is 0.833. The smallest absolute Gasteiger partial charge is 0.272 e. The first kappa shape index (κ1) is 20.1. The number of aryl methyl sites for hydroxylation is 2. The number of carbonyl (C=O) groups is 2. The Hall–Kier alpha value is -2.69. The van der Waals surface area contributed by atoms with E-state index < -0.39 is 0 Å². The van der Waals surface area contributed by atoms with Gasteiger partial charge in [0.1, 0.15) is 5.69 Å². The highest BCUT2D eigenvalue weighted by atomic mass is 16.2. The molecular formula is C23H29N3O2. The maximum atomic E-state index is 12.9. The van der Waals surface area contributed by atoms with Gasteiger partial charge >= 0.3 is 0 Å². The average molecular weight is 380 g/mol. The van der Waals surface area contributed by atoms with Crippen LogP contribution in [-0.4, -0.2) is 34.8 Å². The number of benzene rings is 1. The number of hydrogen-bond donors (Lipinski definition) is 1. The molecule has 0 spiro atoms. The van der Waals surface area contributed by atoms with Gasteiger partial charge in [-0.2, -0.15) is 0 Å². The predicted octanol–water partition coefficient (Wildman–Crippen LogP) is 4.47. The summed E-state index contributed by atoms with van der Waals surface area (Å²) >= 11 is 0. The summed E-state index contributed by atoms with van der Waals surface area (Å²) < 4.78 is 0. The van der Waals surface area contributed by atoms with Crippen molar-refractivity contribution >= 4 is 17.5 Å². The van der Waals surface area contributed by atoms with E-state index in [1.807, 2.05) is 23.1 Å². The molecule has 1 aromatic heterocycles. The summed E-state index contributed by atoms with van der Waals surface area (Å²) in [6, 6.07) is 9.38. The first-order valence-electron chi connectivity index (χ1n) is 10.3. The van der Waals surface area contributed by atoms with Crippen molar-refractivity contribution in [3.63, 3.8) is 0 Å². The normalized spacial score (nSPS) is 14.4. The zero-order valence-electron chi connectivity index (χ0n) is 16.8. The van der Waals surface area contributed by atoms with Crippen molar-refractivity contribution in [2.24, 2.45) is 0 Å². The van der Waals surface area contributed by atoms with E-state index in [0.717, 1.165) is 68.4 Å². The highest BCUT2D eigenvalue weighted by Gasteiger charge is 2.20. The van der Waals surface area contributed by atoms with Crippen molar-refractivity contribution in [2.45, 2.75) is 52.4 Å². The van der Waals surface area contributed by atoms with Gasteiger partial charge in [-0.15, -0.1) is 0 Å². The Bertz CT molecular complexity index is 817. The van der Waals surface area contributed by atoms with Crippen molar-refractivity contribution < 1.29 is 9.59 Å². The largest absolute Gasteiger partial charge is 0.337 e. The van der Waals surface area contributed by atoms with Crippen LogP contribution >= 0.6 is 0 Å². The lowest BCUT2D eigenvalue weighted by molar-refractivity contribution is 0.0755. The van der Waals surface area contributed by atoms with Gasteiger partial charge in [0.15, 0.2) is 0 Å². The zero-order valence-corrected chi connectivity index (χ0v) is 16.8. The minimum absolute atomic E-state index is 0.0836. The number of likely N-dealkylation sites (tertiary alicyclic amines) is 1. The first-order valence-corrected chi connectivity index (χ1v) is 10.3. The molecule has 28 heavy (non-hydrogen) atoms. The number of pyridine rings is 1. The molecule has 1 saturated heterocycles. The van der Waals surface area contributed by atoms with Gasteiger partial charge in [-0.05, 0) is 48.9 Å². The van der Waals surface area contributed by atoms with Crippen LogP contribution in [0.5, 0.6) is 0 Å². The molecule has 1 aromatic carbocycles. The van der Waals surface area contributed by atoms with Crippen LogP contribution in [0.1, 0.15) is 71.5 Å². The van der Waals surface area contributed by atoms with Gasteiger partial charge in [0.2, 0.25) is 0 Å². The Labute approximate surface area is 167 Å².